The Morgan fingerprint density at radius 2 is 1.79 bits per heavy atom. The first-order chi connectivity index (χ1) is 11.6. The van der Waals surface area contributed by atoms with E-state index in [2.05, 4.69) is 15.9 Å². The van der Waals surface area contributed by atoms with Crippen molar-refractivity contribution in [2.24, 2.45) is 0 Å². The molecule has 0 N–H and O–H groups in total. The Morgan fingerprint density at radius 3 is 2.50 bits per heavy atom. The topological polar surface area (TPSA) is 43.4 Å². The van der Waals surface area contributed by atoms with Crippen LogP contribution < -0.4 is 0 Å². The van der Waals surface area contributed by atoms with Crippen LogP contribution in [0.2, 0.25) is 0 Å². The number of carbonyl (C=O) groups excluding carboxylic acids is 2. The first-order valence-electron chi connectivity index (χ1n) is 7.54. The van der Waals surface area contributed by atoms with E-state index in [9.17, 15) is 9.59 Å². The zero-order valence-electron chi connectivity index (χ0n) is 12.8. The average molecular weight is 403 g/mol. The Kier molecular flexibility index (Phi) is 5.53. The Hall–Kier alpha value is -1.85. The lowest BCUT2D eigenvalue weighted by atomic mass is 9.94. The van der Waals surface area contributed by atoms with E-state index in [4.69, 9.17) is 4.74 Å². The van der Waals surface area contributed by atoms with E-state index in [1.54, 1.807) is 0 Å². The number of hydrogen-bond donors (Lipinski definition) is 0. The van der Waals surface area contributed by atoms with Gasteiger partial charge < -0.3 is 4.74 Å². The van der Waals surface area contributed by atoms with Crippen molar-refractivity contribution < 1.29 is 14.3 Å². The summed E-state index contributed by atoms with van der Waals surface area (Å²) in [6, 6.07) is 17.2. The number of carbonyl (C=O) groups is 2. The third-order valence-electron chi connectivity index (χ3n) is 3.68. The standard InChI is InChI=1S/C19H15BrO3S/c20-14-6-8-15(9-7-14)24-18(21)12-17-16(10-11-23-19(17)22)13-4-2-1-3-5-13/h1-9H,10-12H2. The minimum absolute atomic E-state index is 0.0698. The maximum Gasteiger partial charge on any atom is 0.334 e. The van der Waals surface area contributed by atoms with Gasteiger partial charge in [-0.15, -0.1) is 0 Å². The van der Waals surface area contributed by atoms with Gasteiger partial charge >= 0.3 is 5.97 Å². The van der Waals surface area contributed by atoms with Crippen molar-refractivity contribution in [1.82, 2.24) is 0 Å². The van der Waals surface area contributed by atoms with E-state index in [1.807, 2.05) is 54.6 Å². The summed E-state index contributed by atoms with van der Waals surface area (Å²) in [7, 11) is 0. The molecule has 0 atom stereocenters. The van der Waals surface area contributed by atoms with Gasteiger partial charge in [-0.25, -0.2) is 4.79 Å². The summed E-state index contributed by atoms with van der Waals surface area (Å²) in [4.78, 5) is 25.4. The van der Waals surface area contributed by atoms with Crippen LogP contribution in [0.5, 0.6) is 0 Å². The van der Waals surface area contributed by atoms with Crippen molar-refractivity contribution in [3.63, 3.8) is 0 Å². The van der Waals surface area contributed by atoms with Crippen LogP contribution >= 0.6 is 27.7 Å². The lowest BCUT2D eigenvalue weighted by molar-refractivity contribution is -0.140. The highest BCUT2D eigenvalue weighted by molar-refractivity contribution is 9.10. The van der Waals surface area contributed by atoms with Crippen LogP contribution in [0, 0.1) is 0 Å². The minimum atomic E-state index is -0.384. The smallest absolute Gasteiger partial charge is 0.334 e. The average Bonchev–Trinajstić information content (AvgIpc) is 2.59. The van der Waals surface area contributed by atoms with Crippen molar-refractivity contribution in [1.29, 1.82) is 0 Å². The molecule has 1 aliphatic heterocycles. The zero-order valence-corrected chi connectivity index (χ0v) is 15.2. The summed E-state index contributed by atoms with van der Waals surface area (Å²) in [6.45, 7) is 0.362. The molecular formula is C19H15BrO3S. The van der Waals surface area contributed by atoms with Crippen molar-refractivity contribution in [3.8, 4) is 0 Å². The molecule has 122 valence electrons. The van der Waals surface area contributed by atoms with Gasteiger partial charge in [-0.3, -0.25) is 4.79 Å². The van der Waals surface area contributed by atoms with E-state index in [0.29, 0.717) is 18.6 Å². The first-order valence-corrected chi connectivity index (χ1v) is 9.15. The van der Waals surface area contributed by atoms with Gasteiger partial charge in [-0.1, -0.05) is 58.0 Å². The van der Waals surface area contributed by atoms with Gasteiger partial charge in [0.1, 0.15) is 0 Å². The molecule has 0 fully saturated rings. The fraction of sp³-hybridized carbons (Fsp3) is 0.158. The van der Waals surface area contributed by atoms with Gasteiger partial charge in [0.25, 0.3) is 0 Å². The van der Waals surface area contributed by atoms with E-state index in [0.717, 1.165) is 32.3 Å². The van der Waals surface area contributed by atoms with Gasteiger partial charge in [0, 0.05) is 27.8 Å². The molecule has 0 spiro atoms. The molecule has 0 saturated heterocycles. The van der Waals surface area contributed by atoms with E-state index >= 15 is 0 Å². The molecule has 24 heavy (non-hydrogen) atoms. The summed E-state index contributed by atoms with van der Waals surface area (Å²) in [5.74, 6) is -0.384. The molecule has 0 unspecified atom stereocenters. The summed E-state index contributed by atoms with van der Waals surface area (Å²) in [6.07, 6.45) is 0.713. The van der Waals surface area contributed by atoms with Crippen molar-refractivity contribution >= 4 is 44.3 Å². The molecule has 1 heterocycles. The van der Waals surface area contributed by atoms with Crippen molar-refractivity contribution in [2.75, 3.05) is 6.61 Å². The van der Waals surface area contributed by atoms with Crippen LogP contribution in [0.3, 0.4) is 0 Å². The van der Waals surface area contributed by atoms with Crippen LogP contribution in [0.15, 0.2) is 69.5 Å². The molecule has 0 bridgehead atoms. The van der Waals surface area contributed by atoms with Crippen LogP contribution in [-0.2, 0) is 14.3 Å². The molecule has 0 amide bonds. The predicted molar refractivity (Wildman–Crippen MR) is 98.6 cm³/mol. The van der Waals surface area contributed by atoms with E-state index in [-0.39, 0.29) is 17.5 Å². The van der Waals surface area contributed by atoms with Crippen LogP contribution in [0.4, 0.5) is 0 Å². The van der Waals surface area contributed by atoms with Crippen LogP contribution in [-0.4, -0.2) is 17.7 Å². The Bertz CT molecular complexity index is 782. The fourth-order valence-corrected chi connectivity index (χ4v) is 3.57. The molecule has 2 aromatic carbocycles. The summed E-state index contributed by atoms with van der Waals surface area (Å²) < 4.78 is 6.11. The molecule has 3 nitrogen and oxygen atoms in total. The second kappa shape index (κ2) is 7.81. The summed E-state index contributed by atoms with van der Waals surface area (Å²) in [5.41, 5.74) is 2.37. The minimum Gasteiger partial charge on any atom is -0.462 e. The monoisotopic (exact) mass is 402 g/mol. The molecule has 0 aliphatic carbocycles. The second-order valence-electron chi connectivity index (χ2n) is 5.31. The number of benzene rings is 2. The van der Waals surface area contributed by atoms with Crippen LogP contribution in [0.25, 0.3) is 5.57 Å². The second-order valence-corrected chi connectivity index (χ2v) is 7.36. The fourth-order valence-electron chi connectivity index (χ4n) is 2.56. The maximum atomic E-state index is 12.4. The zero-order chi connectivity index (χ0) is 16.9. The lowest BCUT2D eigenvalue weighted by Crippen LogP contribution is -2.19. The largest absolute Gasteiger partial charge is 0.462 e. The molecule has 3 rings (SSSR count). The SMILES string of the molecule is O=C(CC1=C(c2ccccc2)CCOC1=O)Sc1ccc(Br)cc1. The molecular weight excluding hydrogens is 388 g/mol. The highest BCUT2D eigenvalue weighted by Gasteiger charge is 2.25. The predicted octanol–water partition coefficient (Wildman–Crippen LogP) is 4.86. The van der Waals surface area contributed by atoms with Gasteiger partial charge in [-0.05, 0) is 35.4 Å². The number of cyclic esters (lactones) is 1. The number of halogens is 1. The highest BCUT2D eigenvalue weighted by Crippen LogP contribution is 2.31. The third kappa shape index (κ3) is 4.16. The molecule has 5 heteroatoms. The Labute approximate surface area is 153 Å². The Balaban J connectivity index is 1.81. The van der Waals surface area contributed by atoms with Gasteiger partial charge in [0.15, 0.2) is 5.12 Å². The third-order valence-corrected chi connectivity index (χ3v) is 5.09. The maximum absolute atomic E-state index is 12.4. The van der Waals surface area contributed by atoms with Crippen molar-refractivity contribution in [3.05, 3.63) is 70.2 Å². The number of rotatable bonds is 4. The molecule has 1 aliphatic rings. The van der Waals surface area contributed by atoms with Crippen molar-refractivity contribution in [2.45, 2.75) is 17.7 Å². The quantitative estimate of drug-likeness (QED) is 0.540. The van der Waals surface area contributed by atoms with E-state index < -0.39 is 0 Å². The molecule has 0 aromatic heterocycles. The molecule has 0 saturated carbocycles. The number of hydrogen-bond acceptors (Lipinski definition) is 4. The number of esters is 1. The highest BCUT2D eigenvalue weighted by atomic mass is 79.9. The lowest BCUT2D eigenvalue weighted by Gasteiger charge is -2.19. The summed E-state index contributed by atoms with van der Waals surface area (Å²) in [5, 5.41) is -0.0698. The van der Waals surface area contributed by atoms with Gasteiger partial charge in [0.2, 0.25) is 0 Å². The molecule has 0 radical (unpaired) electrons. The Morgan fingerprint density at radius 1 is 1.08 bits per heavy atom. The van der Waals surface area contributed by atoms with Crippen LogP contribution in [0.1, 0.15) is 18.4 Å². The normalized spacial score (nSPS) is 14.5. The first kappa shape index (κ1) is 17.0. The number of thioether (sulfide) groups is 1. The van der Waals surface area contributed by atoms with Gasteiger partial charge in [-0.2, -0.15) is 0 Å². The number of ether oxygens (including phenoxy) is 1. The van der Waals surface area contributed by atoms with Gasteiger partial charge in [0.05, 0.1) is 6.61 Å². The molecule has 2 aromatic rings. The summed E-state index contributed by atoms with van der Waals surface area (Å²) >= 11 is 4.51. The van der Waals surface area contributed by atoms with E-state index in [1.165, 1.54) is 0 Å².